The average Bonchev–Trinajstić information content (AvgIpc) is 3.29. The molecule has 0 aromatic heterocycles. The van der Waals surface area contributed by atoms with Crippen molar-refractivity contribution in [3.05, 3.63) is 12.7 Å². The van der Waals surface area contributed by atoms with Crippen LogP contribution in [0, 0.1) is 5.92 Å². The molecule has 0 N–H and O–H groups in total. The Kier molecular flexibility index (Phi) is 6.73. The van der Waals surface area contributed by atoms with Crippen molar-refractivity contribution in [1.29, 1.82) is 0 Å². The Balaban J connectivity index is 1.48. The van der Waals surface area contributed by atoms with Gasteiger partial charge in [-0.15, -0.1) is 6.58 Å². The third-order valence-electron chi connectivity index (χ3n) is 6.09. The SMILES string of the molecule is C=CCC(=O)N(CC1CCN(C2CCCC2)CC1)CC1CCCO1. The fraction of sp³-hybridized carbons (Fsp3) is 0.850. The van der Waals surface area contributed by atoms with Crippen molar-refractivity contribution in [3.63, 3.8) is 0 Å². The van der Waals surface area contributed by atoms with Crippen molar-refractivity contribution in [1.82, 2.24) is 9.80 Å². The normalized spacial score (nSPS) is 26.8. The fourth-order valence-corrected chi connectivity index (χ4v) is 4.65. The standard InChI is InChI=1S/C20H34N2O2/c1-2-6-20(23)22(16-19-9-5-14-24-19)15-17-10-12-21(13-11-17)18-7-3-4-8-18/h2,17-19H,1,3-16H2. The minimum absolute atomic E-state index is 0.221. The first kappa shape index (κ1) is 17.9. The van der Waals surface area contributed by atoms with Crippen molar-refractivity contribution >= 4 is 5.91 Å². The van der Waals surface area contributed by atoms with Crippen LogP contribution in [0.5, 0.6) is 0 Å². The lowest BCUT2D eigenvalue weighted by molar-refractivity contribution is -0.132. The number of nitrogens with zero attached hydrogens (tertiary/aromatic N) is 2. The molecule has 0 radical (unpaired) electrons. The Morgan fingerprint density at radius 1 is 1.08 bits per heavy atom. The summed E-state index contributed by atoms with van der Waals surface area (Å²) in [4.78, 5) is 17.2. The zero-order valence-corrected chi connectivity index (χ0v) is 15.1. The van der Waals surface area contributed by atoms with E-state index in [2.05, 4.69) is 16.4 Å². The van der Waals surface area contributed by atoms with E-state index in [1.54, 1.807) is 6.08 Å². The quantitative estimate of drug-likeness (QED) is 0.670. The van der Waals surface area contributed by atoms with E-state index in [4.69, 9.17) is 4.74 Å². The van der Waals surface area contributed by atoms with Gasteiger partial charge >= 0.3 is 0 Å². The van der Waals surface area contributed by atoms with E-state index in [1.807, 2.05) is 0 Å². The number of hydrogen-bond acceptors (Lipinski definition) is 3. The fourth-order valence-electron chi connectivity index (χ4n) is 4.65. The van der Waals surface area contributed by atoms with E-state index in [0.29, 0.717) is 12.3 Å². The smallest absolute Gasteiger partial charge is 0.226 e. The van der Waals surface area contributed by atoms with Crippen molar-refractivity contribution in [3.8, 4) is 0 Å². The van der Waals surface area contributed by atoms with Gasteiger partial charge in [0.05, 0.1) is 6.10 Å². The first-order valence-corrected chi connectivity index (χ1v) is 10.0. The van der Waals surface area contributed by atoms with Crippen molar-refractivity contribution in [2.75, 3.05) is 32.8 Å². The molecule has 1 amide bonds. The lowest BCUT2D eigenvalue weighted by Crippen LogP contribution is -2.45. The molecule has 1 atom stereocenters. The molecule has 2 heterocycles. The second kappa shape index (κ2) is 9.00. The lowest BCUT2D eigenvalue weighted by Gasteiger charge is -2.38. The van der Waals surface area contributed by atoms with Gasteiger partial charge in [0.1, 0.15) is 0 Å². The van der Waals surface area contributed by atoms with Gasteiger partial charge in [-0.2, -0.15) is 0 Å². The maximum Gasteiger partial charge on any atom is 0.226 e. The summed E-state index contributed by atoms with van der Waals surface area (Å²) in [5.74, 6) is 0.872. The summed E-state index contributed by atoms with van der Waals surface area (Å²) in [6.07, 6.45) is 12.7. The Bertz CT molecular complexity index is 406. The second-order valence-electron chi connectivity index (χ2n) is 7.84. The van der Waals surface area contributed by atoms with Crippen LogP contribution in [-0.4, -0.2) is 60.6 Å². The zero-order chi connectivity index (χ0) is 16.8. The first-order valence-electron chi connectivity index (χ1n) is 10.0. The largest absolute Gasteiger partial charge is 0.376 e. The van der Waals surface area contributed by atoms with Crippen LogP contribution in [0.1, 0.15) is 57.8 Å². The number of carbonyl (C=O) groups is 1. The Hall–Kier alpha value is -0.870. The van der Waals surface area contributed by atoms with Gasteiger partial charge in [0.2, 0.25) is 5.91 Å². The topological polar surface area (TPSA) is 32.8 Å². The molecule has 4 heteroatoms. The molecule has 4 nitrogen and oxygen atoms in total. The molecular weight excluding hydrogens is 300 g/mol. The molecular formula is C20H34N2O2. The minimum atomic E-state index is 0.221. The van der Waals surface area contributed by atoms with Crippen LogP contribution < -0.4 is 0 Å². The Labute approximate surface area is 147 Å². The monoisotopic (exact) mass is 334 g/mol. The maximum atomic E-state index is 12.5. The lowest BCUT2D eigenvalue weighted by atomic mass is 9.94. The van der Waals surface area contributed by atoms with E-state index in [0.717, 1.165) is 38.6 Å². The first-order chi connectivity index (χ1) is 11.8. The molecule has 1 unspecified atom stereocenters. The van der Waals surface area contributed by atoms with Crippen molar-refractivity contribution in [2.45, 2.75) is 69.9 Å². The second-order valence-corrected chi connectivity index (χ2v) is 7.84. The summed E-state index contributed by atoms with van der Waals surface area (Å²) in [5, 5.41) is 0. The molecule has 136 valence electrons. The maximum absolute atomic E-state index is 12.5. The predicted octanol–water partition coefficient (Wildman–Crippen LogP) is 3.22. The predicted molar refractivity (Wildman–Crippen MR) is 96.9 cm³/mol. The van der Waals surface area contributed by atoms with Crippen molar-refractivity contribution < 1.29 is 9.53 Å². The molecule has 3 fully saturated rings. The molecule has 3 rings (SSSR count). The highest BCUT2D eigenvalue weighted by Crippen LogP contribution is 2.28. The van der Waals surface area contributed by atoms with Gasteiger partial charge in [0, 0.05) is 32.2 Å². The minimum Gasteiger partial charge on any atom is -0.376 e. The van der Waals surface area contributed by atoms with Crippen LogP contribution in [0.4, 0.5) is 0 Å². The molecule has 1 aliphatic carbocycles. The summed E-state index contributed by atoms with van der Waals surface area (Å²) in [7, 11) is 0. The number of piperidine rings is 1. The summed E-state index contributed by atoms with van der Waals surface area (Å²) < 4.78 is 5.76. The van der Waals surface area contributed by atoms with Gasteiger partial charge in [-0.3, -0.25) is 4.79 Å². The van der Waals surface area contributed by atoms with Crippen LogP contribution >= 0.6 is 0 Å². The van der Waals surface area contributed by atoms with Crippen LogP contribution in [-0.2, 0) is 9.53 Å². The molecule has 2 saturated heterocycles. The molecule has 0 aromatic carbocycles. The Morgan fingerprint density at radius 3 is 2.46 bits per heavy atom. The van der Waals surface area contributed by atoms with Gasteiger partial charge < -0.3 is 14.5 Å². The van der Waals surface area contributed by atoms with E-state index in [1.165, 1.54) is 51.6 Å². The molecule has 24 heavy (non-hydrogen) atoms. The molecule has 0 bridgehead atoms. The number of rotatable bonds is 7. The van der Waals surface area contributed by atoms with E-state index < -0.39 is 0 Å². The van der Waals surface area contributed by atoms with Crippen LogP contribution in [0.2, 0.25) is 0 Å². The third kappa shape index (κ3) is 4.82. The van der Waals surface area contributed by atoms with E-state index in [9.17, 15) is 4.79 Å². The summed E-state index contributed by atoms with van der Waals surface area (Å²) >= 11 is 0. The van der Waals surface area contributed by atoms with E-state index in [-0.39, 0.29) is 12.0 Å². The van der Waals surface area contributed by atoms with Crippen LogP contribution in [0.3, 0.4) is 0 Å². The highest BCUT2D eigenvalue weighted by atomic mass is 16.5. The van der Waals surface area contributed by atoms with Gasteiger partial charge in [0.15, 0.2) is 0 Å². The number of hydrogen-bond donors (Lipinski definition) is 0. The molecule has 2 aliphatic heterocycles. The zero-order valence-electron chi connectivity index (χ0n) is 15.1. The van der Waals surface area contributed by atoms with Gasteiger partial charge in [-0.25, -0.2) is 0 Å². The number of amides is 1. The highest BCUT2D eigenvalue weighted by molar-refractivity contribution is 5.77. The molecule has 1 saturated carbocycles. The number of likely N-dealkylation sites (tertiary alicyclic amines) is 1. The van der Waals surface area contributed by atoms with Gasteiger partial charge in [-0.1, -0.05) is 18.9 Å². The summed E-state index contributed by atoms with van der Waals surface area (Å²) in [6.45, 7) is 8.71. The van der Waals surface area contributed by atoms with Gasteiger partial charge in [-0.05, 0) is 57.5 Å². The van der Waals surface area contributed by atoms with Crippen LogP contribution in [0.15, 0.2) is 12.7 Å². The van der Waals surface area contributed by atoms with E-state index >= 15 is 0 Å². The van der Waals surface area contributed by atoms with Gasteiger partial charge in [0.25, 0.3) is 0 Å². The molecule has 3 aliphatic rings. The average molecular weight is 335 g/mol. The molecule has 0 aromatic rings. The summed E-state index contributed by atoms with van der Waals surface area (Å²) in [5.41, 5.74) is 0. The van der Waals surface area contributed by atoms with Crippen LogP contribution in [0.25, 0.3) is 0 Å². The summed E-state index contributed by atoms with van der Waals surface area (Å²) in [6, 6.07) is 0.844. The number of carbonyl (C=O) groups excluding carboxylic acids is 1. The van der Waals surface area contributed by atoms with Crippen molar-refractivity contribution in [2.24, 2.45) is 5.92 Å². The highest BCUT2D eigenvalue weighted by Gasteiger charge is 2.29. The third-order valence-corrected chi connectivity index (χ3v) is 6.09. The number of ether oxygens (including phenoxy) is 1. The molecule has 0 spiro atoms. The Morgan fingerprint density at radius 2 is 1.83 bits per heavy atom.